The van der Waals surface area contributed by atoms with Gasteiger partial charge in [0.1, 0.15) is 13.2 Å². The van der Waals surface area contributed by atoms with Gasteiger partial charge in [0, 0.05) is 37.0 Å². The van der Waals surface area contributed by atoms with Gasteiger partial charge in [-0.05, 0) is 53.6 Å². The van der Waals surface area contributed by atoms with Crippen molar-refractivity contribution < 1.29 is 14.6 Å². The van der Waals surface area contributed by atoms with E-state index in [0.717, 1.165) is 40.8 Å². The van der Waals surface area contributed by atoms with Crippen molar-refractivity contribution in [2.45, 2.75) is 32.1 Å². The lowest BCUT2D eigenvalue weighted by Crippen LogP contribution is -2.43. The summed E-state index contributed by atoms with van der Waals surface area (Å²) in [5, 5.41) is 9.39. The van der Waals surface area contributed by atoms with Gasteiger partial charge in [0.15, 0.2) is 0 Å². The average Bonchev–Trinajstić information content (AvgIpc) is 2.91. The molecule has 0 bridgehead atoms. The van der Waals surface area contributed by atoms with E-state index in [0.29, 0.717) is 36.9 Å². The highest BCUT2D eigenvalue weighted by Crippen LogP contribution is 2.37. The molecule has 1 aromatic heterocycles. The molecule has 1 fully saturated rings. The van der Waals surface area contributed by atoms with Gasteiger partial charge in [-0.15, -0.1) is 0 Å². The number of benzene rings is 3. The predicted molar refractivity (Wildman–Crippen MR) is 143 cm³/mol. The van der Waals surface area contributed by atoms with Crippen molar-refractivity contribution in [3.63, 3.8) is 0 Å². The summed E-state index contributed by atoms with van der Waals surface area (Å²) < 4.78 is 12.2. The molecule has 5 rings (SSSR count). The molecule has 184 valence electrons. The van der Waals surface area contributed by atoms with E-state index in [1.807, 2.05) is 72.8 Å². The van der Waals surface area contributed by atoms with Crippen LogP contribution in [0.5, 0.6) is 11.8 Å². The van der Waals surface area contributed by atoms with Crippen LogP contribution in [0.25, 0.3) is 11.1 Å². The van der Waals surface area contributed by atoms with Crippen LogP contribution in [-0.2, 0) is 13.2 Å². The first-order valence-corrected chi connectivity index (χ1v) is 12.5. The summed E-state index contributed by atoms with van der Waals surface area (Å²) in [5.74, 6) is 1.50. The van der Waals surface area contributed by atoms with Crippen LogP contribution in [0.1, 0.15) is 24.0 Å². The third-order valence-electron chi connectivity index (χ3n) is 6.86. The van der Waals surface area contributed by atoms with E-state index in [9.17, 15) is 5.11 Å². The molecule has 5 heteroatoms. The molecule has 1 saturated carbocycles. The van der Waals surface area contributed by atoms with Gasteiger partial charge in [-0.1, -0.05) is 72.8 Å². The van der Waals surface area contributed by atoms with E-state index in [1.54, 1.807) is 0 Å². The van der Waals surface area contributed by atoms with E-state index in [-0.39, 0.29) is 6.61 Å². The Labute approximate surface area is 213 Å². The highest BCUT2D eigenvalue weighted by atomic mass is 16.5. The number of ether oxygens (including phenoxy) is 2. The maximum Gasteiger partial charge on any atom is 0.225 e. The highest BCUT2D eigenvalue weighted by molar-refractivity contribution is 5.73. The van der Waals surface area contributed by atoms with Gasteiger partial charge in [-0.2, -0.15) is 4.98 Å². The summed E-state index contributed by atoms with van der Waals surface area (Å²) in [5.41, 5.74) is 5.29. The number of aliphatic hydroxyl groups excluding tert-OH is 1. The molecule has 1 aliphatic carbocycles. The van der Waals surface area contributed by atoms with Gasteiger partial charge in [-0.25, -0.2) is 0 Å². The molecule has 0 spiro atoms. The van der Waals surface area contributed by atoms with E-state index < -0.39 is 0 Å². The van der Waals surface area contributed by atoms with Crippen molar-refractivity contribution in [1.82, 2.24) is 4.98 Å². The van der Waals surface area contributed by atoms with Crippen LogP contribution in [-0.4, -0.2) is 29.8 Å². The molecular weight excluding hydrogens is 448 g/mol. The molecule has 0 radical (unpaired) electrons. The number of aromatic nitrogens is 1. The van der Waals surface area contributed by atoms with Crippen LogP contribution in [0.15, 0.2) is 97.1 Å². The van der Waals surface area contributed by atoms with Crippen molar-refractivity contribution in [2.75, 3.05) is 18.6 Å². The molecule has 3 aromatic carbocycles. The molecule has 4 aromatic rings. The lowest BCUT2D eigenvalue weighted by Gasteiger charge is -2.41. The maximum absolute atomic E-state index is 9.39. The van der Waals surface area contributed by atoms with Crippen molar-refractivity contribution in [3.05, 3.63) is 108 Å². The predicted octanol–water partition coefficient (Wildman–Crippen LogP) is 6.11. The lowest BCUT2D eigenvalue weighted by atomic mass is 9.80. The van der Waals surface area contributed by atoms with Gasteiger partial charge < -0.3 is 19.5 Å². The second kappa shape index (κ2) is 11.3. The van der Waals surface area contributed by atoms with E-state index in [4.69, 9.17) is 14.5 Å². The zero-order chi connectivity index (χ0) is 24.7. The molecule has 0 aliphatic heterocycles. The Hall–Kier alpha value is -3.83. The Kier molecular flexibility index (Phi) is 7.48. The fraction of sp³-hybridized carbons (Fsp3) is 0.258. The second-order valence-electron chi connectivity index (χ2n) is 9.39. The number of rotatable bonds is 10. The molecule has 0 saturated heterocycles. The van der Waals surface area contributed by atoms with Crippen LogP contribution in [0, 0.1) is 5.92 Å². The molecule has 0 amide bonds. The van der Waals surface area contributed by atoms with Crippen LogP contribution in [0.2, 0.25) is 0 Å². The number of aliphatic hydroxyl groups is 1. The molecule has 0 unspecified atom stereocenters. The van der Waals surface area contributed by atoms with Crippen molar-refractivity contribution >= 4 is 5.69 Å². The number of pyridine rings is 1. The van der Waals surface area contributed by atoms with Gasteiger partial charge >= 0.3 is 0 Å². The van der Waals surface area contributed by atoms with Gasteiger partial charge in [0.2, 0.25) is 11.8 Å². The first-order valence-electron chi connectivity index (χ1n) is 12.5. The molecule has 0 atom stereocenters. The van der Waals surface area contributed by atoms with Crippen LogP contribution < -0.4 is 14.4 Å². The van der Waals surface area contributed by atoms with E-state index in [2.05, 4.69) is 36.2 Å². The minimum absolute atomic E-state index is 0.275. The largest absolute Gasteiger partial charge is 0.473 e. The van der Waals surface area contributed by atoms with Crippen molar-refractivity contribution in [3.8, 4) is 22.9 Å². The Balaban J connectivity index is 1.39. The number of hydrogen-bond acceptors (Lipinski definition) is 5. The fourth-order valence-corrected chi connectivity index (χ4v) is 4.56. The Bertz CT molecular complexity index is 1260. The summed E-state index contributed by atoms with van der Waals surface area (Å²) in [4.78, 5) is 7.06. The minimum Gasteiger partial charge on any atom is -0.473 e. The quantitative estimate of drug-likeness (QED) is 0.297. The highest BCUT2D eigenvalue weighted by Gasteiger charge is 2.31. The number of hydrogen-bond donors (Lipinski definition) is 1. The summed E-state index contributed by atoms with van der Waals surface area (Å²) in [6.45, 7) is 1.14. The Morgan fingerprint density at radius 2 is 1.47 bits per heavy atom. The first kappa shape index (κ1) is 23.9. The van der Waals surface area contributed by atoms with E-state index in [1.165, 1.54) is 0 Å². The summed E-state index contributed by atoms with van der Waals surface area (Å²) in [6.07, 6.45) is 2.05. The third kappa shape index (κ3) is 5.69. The molecule has 1 heterocycles. The van der Waals surface area contributed by atoms with Crippen LogP contribution in [0.3, 0.4) is 0 Å². The normalized spacial score (nSPS) is 16.7. The minimum atomic E-state index is 0.275. The van der Waals surface area contributed by atoms with Gasteiger partial charge in [0.05, 0.1) is 0 Å². The monoisotopic (exact) mass is 480 g/mol. The van der Waals surface area contributed by atoms with Crippen molar-refractivity contribution in [2.24, 2.45) is 5.92 Å². The number of anilines is 1. The molecule has 5 nitrogen and oxygen atoms in total. The summed E-state index contributed by atoms with van der Waals surface area (Å²) in [7, 11) is 2.13. The van der Waals surface area contributed by atoms with Gasteiger partial charge in [0.25, 0.3) is 0 Å². The molecule has 36 heavy (non-hydrogen) atoms. The third-order valence-corrected chi connectivity index (χ3v) is 6.86. The topological polar surface area (TPSA) is 54.8 Å². The Morgan fingerprint density at radius 3 is 2.14 bits per heavy atom. The summed E-state index contributed by atoms with van der Waals surface area (Å²) in [6, 6.07) is 33.0. The zero-order valence-electron chi connectivity index (χ0n) is 20.6. The standard InChI is InChI=1S/C31H32N2O3/c1-33(28-17-25(18-28)20-34)27-14-8-13-26(19-27)29-15-16-30(35-21-23-9-4-2-5-10-23)32-31(29)36-22-24-11-6-3-7-12-24/h2-16,19,25,28,34H,17-18,20-22H2,1H3. The van der Waals surface area contributed by atoms with Gasteiger partial charge in [-0.3, -0.25) is 0 Å². The SMILES string of the molecule is CN(c1cccc(-c2ccc(OCc3ccccc3)nc2OCc2ccccc2)c1)C1CC(CO)C1. The summed E-state index contributed by atoms with van der Waals surface area (Å²) >= 11 is 0. The molecule has 1 N–H and O–H groups in total. The Morgan fingerprint density at radius 1 is 0.806 bits per heavy atom. The smallest absolute Gasteiger partial charge is 0.225 e. The fourth-order valence-electron chi connectivity index (χ4n) is 4.56. The average molecular weight is 481 g/mol. The van der Waals surface area contributed by atoms with Crippen LogP contribution >= 0.6 is 0 Å². The van der Waals surface area contributed by atoms with Crippen LogP contribution in [0.4, 0.5) is 5.69 Å². The molecular formula is C31H32N2O3. The van der Waals surface area contributed by atoms with Crippen molar-refractivity contribution in [1.29, 1.82) is 0 Å². The lowest BCUT2D eigenvalue weighted by molar-refractivity contribution is 0.142. The second-order valence-corrected chi connectivity index (χ2v) is 9.39. The first-order chi connectivity index (χ1) is 17.7. The maximum atomic E-state index is 9.39. The molecule has 1 aliphatic rings. The van der Waals surface area contributed by atoms with E-state index >= 15 is 0 Å². The number of nitrogens with zero attached hydrogens (tertiary/aromatic N) is 2. The zero-order valence-corrected chi connectivity index (χ0v) is 20.6.